The molecule has 103 valence electrons. The van der Waals surface area contributed by atoms with Crippen molar-refractivity contribution in [2.75, 3.05) is 11.9 Å². The van der Waals surface area contributed by atoms with Crippen LogP contribution in [0, 0.1) is 0 Å². The maximum Gasteiger partial charge on any atom is 0.412 e. The second-order valence-electron chi connectivity index (χ2n) is 5.14. The summed E-state index contributed by atoms with van der Waals surface area (Å²) in [6.07, 6.45) is -0.579. The van der Waals surface area contributed by atoms with E-state index in [2.05, 4.69) is 5.32 Å². The third kappa shape index (κ3) is 5.52. The van der Waals surface area contributed by atoms with Crippen LogP contribution in [0.1, 0.15) is 26.3 Å². The van der Waals surface area contributed by atoms with Crippen molar-refractivity contribution < 1.29 is 19.4 Å². The predicted molar refractivity (Wildman–Crippen MR) is 70.6 cm³/mol. The molecule has 5 heteroatoms. The summed E-state index contributed by atoms with van der Waals surface area (Å²) in [7, 11) is 0. The Bertz CT molecular complexity index is 463. The number of Topliss-reactive ketones (excluding diaryl/α,β-unsaturated/α-hetero) is 1. The Kier molecular flexibility index (Phi) is 5.06. The van der Waals surface area contributed by atoms with Gasteiger partial charge in [0.2, 0.25) is 0 Å². The Morgan fingerprint density at radius 1 is 1.21 bits per heavy atom. The largest absolute Gasteiger partial charge is 0.444 e. The van der Waals surface area contributed by atoms with Gasteiger partial charge in [-0.3, -0.25) is 10.1 Å². The van der Waals surface area contributed by atoms with Gasteiger partial charge in [0.15, 0.2) is 5.78 Å². The molecule has 0 aliphatic heterocycles. The maximum absolute atomic E-state index is 11.7. The van der Waals surface area contributed by atoms with Crippen molar-refractivity contribution in [2.45, 2.75) is 32.8 Å². The number of ether oxygens (including phenoxy) is 1. The summed E-state index contributed by atoms with van der Waals surface area (Å²) >= 11 is 0. The summed E-state index contributed by atoms with van der Waals surface area (Å²) < 4.78 is 5.13. The van der Waals surface area contributed by atoms with Crippen molar-refractivity contribution in [2.24, 2.45) is 0 Å². The minimum atomic E-state index is -0.763. The molecular formula is C14H18NO4. The highest BCUT2D eigenvalue weighted by Gasteiger charge is 2.17. The molecule has 5 nitrogen and oxygen atoms in total. The summed E-state index contributed by atoms with van der Waals surface area (Å²) in [6.45, 7) is 4.53. The number of amides is 1. The quantitative estimate of drug-likeness (QED) is 0.908. The summed E-state index contributed by atoms with van der Waals surface area (Å²) in [5.74, 6) is -0.418. The zero-order chi connectivity index (χ0) is 14.5. The Morgan fingerprint density at radius 2 is 1.84 bits per heavy atom. The van der Waals surface area contributed by atoms with Gasteiger partial charge in [0.1, 0.15) is 12.2 Å². The fourth-order valence-corrected chi connectivity index (χ4v) is 1.47. The fourth-order valence-electron chi connectivity index (χ4n) is 1.47. The number of para-hydroxylation sites is 1. The van der Waals surface area contributed by atoms with Crippen LogP contribution in [0.3, 0.4) is 0 Å². The second kappa shape index (κ2) is 6.33. The van der Waals surface area contributed by atoms with Crippen LogP contribution in [0.5, 0.6) is 0 Å². The van der Waals surface area contributed by atoms with Gasteiger partial charge in [0.25, 0.3) is 0 Å². The van der Waals surface area contributed by atoms with Gasteiger partial charge in [-0.2, -0.15) is 0 Å². The molecule has 0 saturated heterocycles. The van der Waals surface area contributed by atoms with E-state index in [9.17, 15) is 14.7 Å². The zero-order valence-corrected chi connectivity index (χ0v) is 11.4. The van der Waals surface area contributed by atoms with E-state index in [1.54, 1.807) is 45.0 Å². The van der Waals surface area contributed by atoms with E-state index in [0.29, 0.717) is 11.3 Å². The van der Waals surface area contributed by atoms with E-state index < -0.39 is 24.1 Å². The van der Waals surface area contributed by atoms with Crippen molar-refractivity contribution >= 4 is 17.6 Å². The van der Waals surface area contributed by atoms with E-state index >= 15 is 0 Å². The number of anilines is 1. The molecule has 0 saturated carbocycles. The number of carbonyl (C=O) groups is 2. The molecule has 1 rings (SSSR count). The first-order valence-corrected chi connectivity index (χ1v) is 5.99. The zero-order valence-electron chi connectivity index (χ0n) is 11.4. The molecule has 0 aromatic heterocycles. The lowest BCUT2D eigenvalue weighted by atomic mass is 10.1. The van der Waals surface area contributed by atoms with E-state index in [-0.39, 0.29) is 6.42 Å². The minimum absolute atomic E-state index is 0.00940. The molecule has 0 aliphatic carbocycles. The van der Waals surface area contributed by atoms with E-state index in [4.69, 9.17) is 4.74 Å². The summed E-state index contributed by atoms with van der Waals surface area (Å²) in [5, 5.41) is 13.1. The standard InChI is InChI=1S/C14H18NO4/c1-14(2,3)19-13(18)15-12-7-5-4-6-10(12)8-11(17)9-16/h4-7H,8-9H2,1-3H3,(H,15,18). The minimum Gasteiger partial charge on any atom is -0.444 e. The number of hydrogen-bond donors (Lipinski definition) is 1. The lowest BCUT2D eigenvalue weighted by molar-refractivity contribution is -0.122. The molecular weight excluding hydrogens is 246 g/mol. The highest BCUT2D eigenvalue weighted by Crippen LogP contribution is 2.17. The Labute approximate surface area is 112 Å². The first kappa shape index (κ1) is 15.2. The van der Waals surface area contributed by atoms with Crippen LogP contribution in [0.25, 0.3) is 0 Å². The first-order chi connectivity index (χ1) is 8.81. The topological polar surface area (TPSA) is 75.3 Å². The van der Waals surface area contributed by atoms with Crippen LogP contribution < -0.4 is 5.32 Å². The SMILES string of the molecule is CC(C)(C)OC(=O)Nc1ccccc1CC(=O)C[O]. The van der Waals surface area contributed by atoms with Gasteiger partial charge in [-0.1, -0.05) is 18.2 Å². The Balaban J connectivity index is 2.78. The Hall–Kier alpha value is -1.88. The van der Waals surface area contributed by atoms with Crippen LogP contribution in [-0.4, -0.2) is 24.1 Å². The molecule has 1 radical (unpaired) electrons. The van der Waals surface area contributed by atoms with Crippen molar-refractivity contribution in [1.82, 2.24) is 0 Å². The van der Waals surface area contributed by atoms with Gasteiger partial charge < -0.3 is 4.74 Å². The molecule has 0 unspecified atom stereocenters. The lowest BCUT2D eigenvalue weighted by Crippen LogP contribution is -2.27. The average Bonchev–Trinajstić information content (AvgIpc) is 2.29. The predicted octanol–water partition coefficient (Wildman–Crippen LogP) is 2.58. The molecule has 1 amide bonds. The first-order valence-electron chi connectivity index (χ1n) is 5.99. The third-order valence-electron chi connectivity index (χ3n) is 2.20. The number of rotatable bonds is 4. The Morgan fingerprint density at radius 3 is 2.42 bits per heavy atom. The summed E-state index contributed by atoms with van der Waals surface area (Å²) in [6, 6.07) is 6.84. The lowest BCUT2D eigenvalue weighted by Gasteiger charge is -2.20. The molecule has 1 aromatic carbocycles. The molecule has 0 spiro atoms. The molecule has 0 atom stereocenters. The van der Waals surface area contributed by atoms with E-state index in [1.807, 2.05) is 0 Å². The van der Waals surface area contributed by atoms with E-state index in [0.717, 1.165) is 0 Å². The molecule has 0 aliphatic rings. The van der Waals surface area contributed by atoms with Gasteiger partial charge in [0.05, 0.1) is 0 Å². The van der Waals surface area contributed by atoms with Gasteiger partial charge in [-0.15, -0.1) is 0 Å². The monoisotopic (exact) mass is 264 g/mol. The third-order valence-corrected chi connectivity index (χ3v) is 2.20. The van der Waals surface area contributed by atoms with Crippen molar-refractivity contribution in [1.29, 1.82) is 0 Å². The van der Waals surface area contributed by atoms with Crippen LogP contribution in [0.15, 0.2) is 24.3 Å². The smallest absolute Gasteiger partial charge is 0.412 e. The number of benzene rings is 1. The number of nitrogens with one attached hydrogen (secondary N) is 1. The molecule has 0 bridgehead atoms. The van der Waals surface area contributed by atoms with Crippen molar-refractivity contribution in [3.05, 3.63) is 29.8 Å². The van der Waals surface area contributed by atoms with Crippen LogP contribution in [-0.2, 0) is 21.1 Å². The van der Waals surface area contributed by atoms with Gasteiger partial charge in [0, 0.05) is 12.1 Å². The van der Waals surface area contributed by atoms with Crippen molar-refractivity contribution in [3.63, 3.8) is 0 Å². The second-order valence-corrected chi connectivity index (χ2v) is 5.14. The molecule has 0 heterocycles. The summed E-state index contributed by atoms with van der Waals surface area (Å²) in [4.78, 5) is 22.8. The van der Waals surface area contributed by atoms with E-state index in [1.165, 1.54) is 0 Å². The van der Waals surface area contributed by atoms with Crippen LogP contribution in [0.2, 0.25) is 0 Å². The van der Waals surface area contributed by atoms with Crippen LogP contribution in [0.4, 0.5) is 10.5 Å². The number of hydrogen-bond acceptors (Lipinski definition) is 3. The summed E-state index contributed by atoms with van der Waals surface area (Å²) in [5.41, 5.74) is 0.497. The van der Waals surface area contributed by atoms with Gasteiger partial charge in [-0.05, 0) is 32.4 Å². The molecule has 19 heavy (non-hydrogen) atoms. The van der Waals surface area contributed by atoms with Gasteiger partial charge in [-0.25, -0.2) is 9.90 Å². The molecule has 1 aromatic rings. The highest BCUT2D eigenvalue weighted by atomic mass is 16.6. The maximum atomic E-state index is 11.7. The highest BCUT2D eigenvalue weighted by molar-refractivity contribution is 5.89. The average molecular weight is 264 g/mol. The normalized spacial score (nSPS) is 10.9. The molecule has 1 N–H and O–H groups in total. The van der Waals surface area contributed by atoms with Crippen LogP contribution >= 0.6 is 0 Å². The number of ketones is 1. The number of carbonyl (C=O) groups excluding carboxylic acids is 2. The van der Waals surface area contributed by atoms with Gasteiger partial charge >= 0.3 is 6.09 Å². The fraction of sp³-hybridized carbons (Fsp3) is 0.429. The molecule has 0 fully saturated rings. The van der Waals surface area contributed by atoms with Crippen molar-refractivity contribution in [3.8, 4) is 0 Å².